The summed E-state index contributed by atoms with van der Waals surface area (Å²) in [5.41, 5.74) is 1.70. The predicted octanol–water partition coefficient (Wildman–Crippen LogP) is 1.41. The van der Waals surface area contributed by atoms with Gasteiger partial charge in [0, 0.05) is 26.0 Å². The smallest absolute Gasteiger partial charge is 0.325 e. The zero-order valence-electron chi connectivity index (χ0n) is 15.2. The Hall–Kier alpha value is -2.48. The van der Waals surface area contributed by atoms with Crippen molar-refractivity contribution in [3.63, 3.8) is 0 Å². The van der Waals surface area contributed by atoms with Crippen molar-refractivity contribution in [2.24, 2.45) is 5.92 Å². The summed E-state index contributed by atoms with van der Waals surface area (Å²) < 4.78 is 27.3. The van der Waals surface area contributed by atoms with Gasteiger partial charge in [0.05, 0.1) is 13.2 Å². The second-order valence-corrected chi connectivity index (χ2v) is 7.11. The van der Waals surface area contributed by atoms with E-state index >= 15 is 0 Å². The van der Waals surface area contributed by atoms with E-state index in [0.29, 0.717) is 23.8 Å². The highest BCUT2D eigenvalue weighted by Gasteiger charge is 2.51. The molecular weight excluding hydrogens is 342 g/mol. The number of fused-ring (bicyclic) bond motifs is 2. The lowest BCUT2D eigenvalue weighted by Gasteiger charge is -2.42. The Balaban J connectivity index is 1.84. The summed E-state index contributed by atoms with van der Waals surface area (Å²) in [6, 6.07) is 1.32. The number of cyclic esters (lactones) is 2. The fourth-order valence-electron chi connectivity index (χ4n) is 3.87. The van der Waals surface area contributed by atoms with Crippen LogP contribution in [0.15, 0.2) is 6.07 Å². The van der Waals surface area contributed by atoms with Gasteiger partial charge < -0.3 is 23.7 Å². The molecule has 0 amide bonds. The van der Waals surface area contributed by atoms with Crippen molar-refractivity contribution in [3.8, 4) is 17.2 Å². The maximum atomic E-state index is 12.7. The number of carbonyl (C=O) groups excluding carboxylic acids is 2. The quantitative estimate of drug-likeness (QED) is 0.576. The van der Waals surface area contributed by atoms with Gasteiger partial charge in [-0.15, -0.1) is 0 Å². The summed E-state index contributed by atoms with van der Waals surface area (Å²) in [5.74, 6) is -1.98. The van der Waals surface area contributed by atoms with Crippen molar-refractivity contribution in [3.05, 3.63) is 17.2 Å². The SMILES string of the molecule is COc1c2c(cc3c1[C@@H](C1C(=O)OC(C)(C)OC1=O)N(C)CC3)OCO2. The number of methoxy groups -OCH3 is 1. The number of rotatable bonds is 2. The number of benzene rings is 1. The van der Waals surface area contributed by atoms with Gasteiger partial charge in [0.15, 0.2) is 17.4 Å². The summed E-state index contributed by atoms with van der Waals surface area (Å²) >= 11 is 0. The van der Waals surface area contributed by atoms with Crippen LogP contribution in [0.3, 0.4) is 0 Å². The molecule has 1 aromatic carbocycles. The Morgan fingerprint density at radius 3 is 2.54 bits per heavy atom. The van der Waals surface area contributed by atoms with E-state index in [2.05, 4.69) is 0 Å². The number of likely N-dealkylation sites (N-methyl/N-ethyl adjacent to an activating group) is 1. The fourth-order valence-corrected chi connectivity index (χ4v) is 3.87. The Labute approximate surface area is 150 Å². The van der Waals surface area contributed by atoms with Crippen molar-refractivity contribution < 1.29 is 33.3 Å². The molecule has 1 aromatic rings. The molecule has 26 heavy (non-hydrogen) atoms. The van der Waals surface area contributed by atoms with E-state index in [4.69, 9.17) is 23.7 Å². The van der Waals surface area contributed by atoms with Crippen molar-refractivity contribution in [2.45, 2.75) is 32.1 Å². The van der Waals surface area contributed by atoms with E-state index in [9.17, 15) is 9.59 Å². The second kappa shape index (κ2) is 5.77. The average Bonchev–Trinajstić information content (AvgIpc) is 3.01. The number of ether oxygens (including phenoxy) is 5. The van der Waals surface area contributed by atoms with Crippen molar-refractivity contribution in [2.75, 3.05) is 27.5 Å². The summed E-state index contributed by atoms with van der Waals surface area (Å²) in [4.78, 5) is 27.3. The van der Waals surface area contributed by atoms with E-state index in [1.54, 1.807) is 0 Å². The first-order valence-corrected chi connectivity index (χ1v) is 8.47. The van der Waals surface area contributed by atoms with Gasteiger partial charge in [0.25, 0.3) is 5.79 Å². The van der Waals surface area contributed by atoms with E-state index in [1.165, 1.54) is 21.0 Å². The number of carbonyl (C=O) groups is 2. The van der Waals surface area contributed by atoms with Gasteiger partial charge in [-0.1, -0.05) is 0 Å². The van der Waals surface area contributed by atoms with Crippen LogP contribution in [-0.2, 0) is 25.5 Å². The van der Waals surface area contributed by atoms with Gasteiger partial charge in [0.2, 0.25) is 12.5 Å². The van der Waals surface area contributed by atoms with Crippen LogP contribution in [0.1, 0.15) is 31.0 Å². The van der Waals surface area contributed by atoms with Gasteiger partial charge in [-0.25, -0.2) is 0 Å². The molecule has 3 aliphatic rings. The van der Waals surface area contributed by atoms with Crippen LogP contribution in [0.4, 0.5) is 0 Å². The maximum Gasteiger partial charge on any atom is 0.325 e. The molecule has 0 saturated carbocycles. The van der Waals surface area contributed by atoms with E-state index in [-0.39, 0.29) is 6.79 Å². The zero-order chi connectivity index (χ0) is 18.6. The van der Waals surface area contributed by atoms with E-state index in [1.807, 2.05) is 18.0 Å². The average molecular weight is 363 g/mol. The molecule has 0 bridgehead atoms. The molecule has 0 radical (unpaired) electrons. The van der Waals surface area contributed by atoms with Crippen LogP contribution >= 0.6 is 0 Å². The zero-order valence-corrected chi connectivity index (χ0v) is 15.2. The Kier molecular flexibility index (Phi) is 3.76. The van der Waals surface area contributed by atoms with Crippen molar-refractivity contribution >= 4 is 11.9 Å². The summed E-state index contributed by atoms with van der Waals surface area (Å²) in [5, 5.41) is 0. The van der Waals surface area contributed by atoms with Gasteiger partial charge >= 0.3 is 11.9 Å². The van der Waals surface area contributed by atoms with Crippen LogP contribution < -0.4 is 14.2 Å². The summed E-state index contributed by atoms with van der Waals surface area (Å²) in [6.45, 7) is 3.85. The molecule has 8 heteroatoms. The summed E-state index contributed by atoms with van der Waals surface area (Å²) in [7, 11) is 3.39. The molecule has 4 rings (SSSR count). The predicted molar refractivity (Wildman–Crippen MR) is 87.9 cm³/mol. The highest BCUT2D eigenvalue weighted by Crippen LogP contribution is 2.51. The van der Waals surface area contributed by atoms with Gasteiger partial charge in [-0.05, 0) is 25.1 Å². The first-order valence-electron chi connectivity index (χ1n) is 8.47. The lowest BCUT2D eigenvalue weighted by atomic mass is 9.83. The molecule has 3 heterocycles. The Bertz CT molecular complexity index is 768. The van der Waals surface area contributed by atoms with Gasteiger partial charge in [-0.2, -0.15) is 0 Å². The van der Waals surface area contributed by atoms with Crippen LogP contribution in [0.5, 0.6) is 17.2 Å². The largest absolute Gasteiger partial charge is 0.492 e. The van der Waals surface area contributed by atoms with Crippen molar-refractivity contribution in [1.82, 2.24) is 4.90 Å². The summed E-state index contributed by atoms with van der Waals surface area (Å²) in [6.07, 6.45) is 0.734. The van der Waals surface area contributed by atoms with E-state index in [0.717, 1.165) is 17.5 Å². The minimum atomic E-state index is -1.26. The first-order chi connectivity index (χ1) is 12.3. The third kappa shape index (κ3) is 2.47. The Morgan fingerprint density at radius 2 is 1.88 bits per heavy atom. The normalized spacial score (nSPS) is 24.7. The number of nitrogens with zero attached hydrogens (tertiary/aromatic N) is 1. The van der Waals surface area contributed by atoms with Crippen molar-refractivity contribution in [1.29, 1.82) is 0 Å². The fraction of sp³-hybridized carbons (Fsp3) is 0.556. The van der Waals surface area contributed by atoms with Crippen LogP contribution in [0.25, 0.3) is 0 Å². The monoisotopic (exact) mass is 363 g/mol. The molecule has 1 atom stereocenters. The lowest BCUT2D eigenvalue weighted by Crippen LogP contribution is -2.52. The molecule has 3 aliphatic heterocycles. The van der Waals surface area contributed by atoms with Gasteiger partial charge in [-0.3, -0.25) is 14.5 Å². The number of hydrogen-bond donors (Lipinski definition) is 0. The molecule has 0 spiro atoms. The third-order valence-corrected chi connectivity index (χ3v) is 4.97. The standard InChI is InChI=1S/C18H21NO7/c1-18(2)25-16(20)12(17(21)26-18)13-11-9(5-6-19(13)3)7-10-14(15(11)22-4)24-8-23-10/h7,12-13H,5-6,8H2,1-4H3/t13-/m0/s1. The molecule has 1 fully saturated rings. The number of hydrogen-bond acceptors (Lipinski definition) is 8. The molecule has 0 unspecified atom stereocenters. The second-order valence-electron chi connectivity index (χ2n) is 7.11. The highest BCUT2D eigenvalue weighted by atomic mass is 16.7. The van der Waals surface area contributed by atoms with Gasteiger partial charge in [0.1, 0.15) is 0 Å². The van der Waals surface area contributed by atoms with E-state index < -0.39 is 29.7 Å². The minimum absolute atomic E-state index is 0.108. The Morgan fingerprint density at radius 1 is 1.19 bits per heavy atom. The molecule has 0 aromatic heterocycles. The maximum absolute atomic E-state index is 12.7. The molecular formula is C18H21NO7. The molecule has 0 aliphatic carbocycles. The highest BCUT2D eigenvalue weighted by molar-refractivity contribution is 5.98. The molecule has 8 nitrogen and oxygen atoms in total. The lowest BCUT2D eigenvalue weighted by molar-refractivity contribution is -0.243. The van der Waals surface area contributed by atoms with Crippen LogP contribution in [0.2, 0.25) is 0 Å². The van der Waals surface area contributed by atoms with Crippen LogP contribution in [0, 0.1) is 5.92 Å². The number of esters is 2. The van der Waals surface area contributed by atoms with Crippen LogP contribution in [-0.4, -0.2) is 50.1 Å². The first kappa shape index (κ1) is 17.0. The molecule has 140 valence electrons. The third-order valence-electron chi connectivity index (χ3n) is 4.97. The molecule has 0 N–H and O–H groups in total. The minimum Gasteiger partial charge on any atom is -0.492 e. The topological polar surface area (TPSA) is 83.5 Å². The molecule has 1 saturated heterocycles.